The van der Waals surface area contributed by atoms with Crippen molar-refractivity contribution in [2.45, 2.75) is 65.0 Å². The van der Waals surface area contributed by atoms with E-state index in [0.717, 1.165) is 48.4 Å². The predicted molar refractivity (Wildman–Crippen MR) is 139 cm³/mol. The average Bonchev–Trinajstić information content (AvgIpc) is 2.82. The third-order valence-electron chi connectivity index (χ3n) is 6.39. The maximum Gasteiger partial charge on any atom is 0.254 e. The molecule has 1 N–H and O–H groups in total. The van der Waals surface area contributed by atoms with Crippen molar-refractivity contribution in [2.24, 2.45) is 5.92 Å². The van der Waals surface area contributed by atoms with Gasteiger partial charge in [0, 0.05) is 50.0 Å². The molecule has 1 aliphatic carbocycles. The SMILES string of the molecule is COc1ccc(C(=O)N(Cc2cc(NC(=O)CC(C)C)ccc2N(C)C)C2CCCCC2)cc1. The van der Waals surface area contributed by atoms with Gasteiger partial charge in [-0.05, 0) is 66.8 Å². The molecular formula is C28H39N3O3. The van der Waals surface area contributed by atoms with Crippen molar-refractivity contribution in [3.63, 3.8) is 0 Å². The molecule has 0 bridgehead atoms. The molecule has 34 heavy (non-hydrogen) atoms. The van der Waals surface area contributed by atoms with Gasteiger partial charge >= 0.3 is 0 Å². The zero-order valence-corrected chi connectivity index (χ0v) is 21.3. The fourth-order valence-corrected chi connectivity index (χ4v) is 4.65. The summed E-state index contributed by atoms with van der Waals surface area (Å²) >= 11 is 0. The molecule has 2 aromatic rings. The second kappa shape index (κ2) is 11.9. The summed E-state index contributed by atoms with van der Waals surface area (Å²) in [6.45, 7) is 4.57. The number of carbonyl (C=O) groups excluding carboxylic acids is 2. The van der Waals surface area contributed by atoms with E-state index < -0.39 is 0 Å². The van der Waals surface area contributed by atoms with Crippen LogP contribution in [0.3, 0.4) is 0 Å². The fraction of sp³-hybridized carbons (Fsp3) is 0.500. The Morgan fingerprint density at radius 1 is 1.03 bits per heavy atom. The average molecular weight is 466 g/mol. The minimum atomic E-state index is 0.0111. The van der Waals surface area contributed by atoms with Crippen LogP contribution in [0.25, 0.3) is 0 Å². The molecule has 0 radical (unpaired) electrons. The second-order valence-electron chi connectivity index (χ2n) is 9.84. The van der Waals surface area contributed by atoms with Crippen LogP contribution < -0.4 is 15.0 Å². The molecule has 0 spiro atoms. The van der Waals surface area contributed by atoms with Crippen LogP contribution in [0.5, 0.6) is 5.75 Å². The van der Waals surface area contributed by atoms with Crippen LogP contribution >= 0.6 is 0 Å². The zero-order chi connectivity index (χ0) is 24.7. The number of rotatable bonds is 9. The van der Waals surface area contributed by atoms with Crippen LogP contribution in [-0.4, -0.2) is 44.0 Å². The summed E-state index contributed by atoms with van der Waals surface area (Å²) in [4.78, 5) is 30.2. The van der Waals surface area contributed by atoms with Gasteiger partial charge in [0.25, 0.3) is 5.91 Å². The van der Waals surface area contributed by atoms with E-state index in [1.165, 1.54) is 6.42 Å². The Kier molecular flexibility index (Phi) is 8.97. The Morgan fingerprint density at radius 3 is 2.29 bits per heavy atom. The molecular weight excluding hydrogens is 426 g/mol. The quantitative estimate of drug-likeness (QED) is 0.514. The van der Waals surface area contributed by atoms with Crippen molar-refractivity contribution < 1.29 is 14.3 Å². The highest BCUT2D eigenvalue weighted by Crippen LogP contribution is 2.30. The van der Waals surface area contributed by atoms with Crippen molar-refractivity contribution in [1.82, 2.24) is 4.90 Å². The number of carbonyl (C=O) groups is 2. The molecule has 1 saturated carbocycles. The highest BCUT2D eigenvalue weighted by atomic mass is 16.5. The normalized spacial score (nSPS) is 14.1. The molecule has 1 fully saturated rings. The predicted octanol–water partition coefficient (Wildman–Crippen LogP) is 5.72. The van der Waals surface area contributed by atoms with Crippen molar-refractivity contribution in [3.05, 3.63) is 53.6 Å². The summed E-state index contributed by atoms with van der Waals surface area (Å²) in [5.41, 5.74) is 3.51. The van der Waals surface area contributed by atoms with Crippen LogP contribution in [0.2, 0.25) is 0 Å². The first-order chi connectivity index (χ1) is 16.3. The van der Waals surface area contributed by atoms with Crippen LogP contribution in [-0.2, 0) is 11.3 Å². The summed E-state index contributed by atoms with van der Waals surface area (Å²) in [7, 11) is 5.64. The molecule has 0 saturated heterocycles. The molecule has 0 heterocycles. The Balaban J connectivity index is 1.92. The molecule has 0 unspecified atom stereocenters. The van der Waals surface area contributed by atoms with Gasteiger partial charge in [-0.15, -0.1) is 0 Å². The molecule has 0 aliphatic heterocycles. The number of nitrogens with one attached hydrogen (secondary N) is 1. The molecule has 184 valence electrons. The van der Waals surface area contributed by atoms with Crippen molar-refractivity contribution >= 4 is 23.2 Å². The molecule has 1 aliphatic rings. The van der Waals surface area contributed by atoms with Crippen molar-refractivity contribution in [1.29, 1.82) is 0 Å². The van der Waals surface area contributed by atoms with Crippen LogP contribution in [0, 0.1) is 5.92 Å². The Morgan fingerprint density at radius 2 is 1.71 bits per heavy atom. The van der Waals surface area contributed by atoms with Gasteiger partial charge in [-0.2, -0.15) is 0 Å². The lowest BCUT2D eigenvalue weighted by Gasteiger charge is -2.35. The number of nitrogens with zero attached hydrogens (tertiary/aromatic N) is 2. The summed E-state index contributed by atoms with van der Waals surface area (Å²) < 4.78 is 5.27. The first kappa shape index (κ1) is 25.6. The lowest BCUT2D eigenvalue weighted by Crippen LogP contribution is -2.41. The smallest absolute Gasteiger partial charge is 0.254 e. The molecule has 2 amide bonds. The fourth-order valence-electron chi connectivity index (χ4n) is 4.65. The van der Waals surface area contributed by atoms with Gasteiger partial charge in [-0.25, -0.2) is 0 Å². The zero-order valence-electron chi connectivity index (χ0n) is 21.3. The van der Waals surface area contributed by atoms with Crippen LogP contribution in [0.15, 0.2) is 42.5 Å². The van der Waals surface area contributed by atoms with E-state index in [-0.39, 0.29) is 17.9 Å². The standard InChI is InChI=1S/C28H39N3O3/c1-20(2)17-27(32)29-23-13-16-26(30(3)4)22(18-23)19-31(24-9-7-6-8-10-24)28(33)21-11-14-25(34-5)15-12-21/h11-16,18,20,24H,6-10,17,19H2,1-5H3,(H,29,32). The third kappa shape index (κ3) is 6.75. The molecule has 3 rings (SSSR count). The van der Waals surface area contributed by atoms with E-state index in [9.17, 15) is 9.59 Å². The van der Waals surface area contributed by atoms with Gasteiger partial charge < -0.3 is 19.9 Å². The van der Waals surface area contributed by atoms with E-state index in [0.29, 0.717) is 24.4 Å². The number of hydrogen-bond donors (Lipinski definition) is 1. The van der Waals surface area contributed by atoms with Crippen molar-refractivity contribution in [2.75, 3.05) is 31.4 Å². The minimum absolute atomic E-state index is 0.0111. The van der Waals surface area contributed by atoms with Gasteiger partial charge in [0.2, 0.25) is 5.91 Å². The summed E-state index contributed by atoms with van der Waals surface area (Å²) in [5, 5.41) is 3.03. The van der Waals surface area contributed by atoms with Crippen molar-refractivity contribution in [3.8, 4) is 5.75 Å². The summed E-state index contributed by atoms with van der Waals surface area (Å²) in [5.74, 6) is 1.08. The van der Waals surface area contributed by atoms with Gasteiger partial charge in [0.1, 0.15) is 5.75 Å². The first-order valence-electron chi connectivity index (χ1n) is 12.3. The van der Waals surface area contributed by atoms with E-state index in [2.05, 4.69) is 10.2 Å². The van der Waals surface area contributed by atoms with Gasteiger partial charge in [0.05, 0.1) is 7.11 Å². The van der Waals surface area contributed by atoms with E-state index in [1.807, 2.05) is 75.3 Å². The number of ether oxygens (including phenoxy) is 1. The molecule has 0 aromatic heterocycles. The minimum Gasteiger partial charge on any atom is -0.497 e. The number of benzene rings is 2. The first-order valence-corrected chi connectivity index (χ1v) is 12.3. The van der Waals surface area contributed by atoms with Gasteiger partial charge in [-0.1, -0.05) is 33.1 Å². The molecule has 0 atom stereocenters. The van der Waals surface area contributed by atoms with E-state index >= 15 is 0 Å². The van der Waals surface area contributed by atoms with Crippen LogP contribution in [0.1, 0.15) is 68.3 Å². The molecule has 6 nitrogen and oxygen atoms in total. The lowest BCUT2D eigenvalue weighted by atomic mass is 9.93. The number of anilines is 2. The Hall–Kier alpha value is -3.02. The maximum atomic E-state index is 13.7. The number of methoxy groups -OCH3 is 1. The topological polar surface area (TPSA) is 61.9 Å². The van der Waals surface area contributed by atoms with E-state index in [4.69, 9.17) is 4.74 Å². The maximum absolute atomic E-state index is 13.7. The monoisotopic (exact) mass is 465 g/mol. The second-order valence-corrected chi connectivity index (χ2v) is 9.84. The van der Waals surface area contributed by atoms with Gasteiger partial charge in [0.15, 0.2) is 0 Å². The van der Waals surface area contributed by atoms with Gasteiger partial charge in [-0.3, -0.25) is 9.59 Å². The highest BCUT2D eigenvalue weighted by molar-refractivity contribution is 5.95. The Labute approximate surface area is 204 Å². The lowest BCUT2D eigenvalue weighted by molar-refractivity contribution is -0.116. The summed E-state index contributed by atoms with van der Waals surface area (Å²) in [6.07, 6.45) is 6.02. The summed E-state index contributed by atoms with van der Waals surface area (Å²) in [6, 6.07) is 13.5. The largest absolute Gasteiger partial charge is 0.497 e. The number of hydrogen-bond acceptors (Lipinski definition) is 4. The van der Waals surface area contributed by atoms with Crippen LogP contribution in [0.4, 0.5) is 11.4 Å². The van der Waals surface area contributed by atoms with E-state index in [1.54, 1.807) is 7.11 Å². The highest BCUT2D eigenvalue weighted by Gasteiger charge is 2.27. The number of amides is 2. The third-order valence-corrected chi connectivity index (χ3v) is 6.39. The molecule has 2 aromatic carbocycles. The molecule has 6 heteroatoms. The Bertz CT molecular complexity index is 963.